The number of para-hydroxylation sites is 1. The minimum Gasteiger partial charge on any atom is -0.364 e. The van der Waals surface area contributed by atoms with Crippen LogP contribution in [-0.2, 0) is 0 Å². The Morgan fingerprint density at radius 1 is 1.00 bits per heavy atom. The summed E-state index contributed by atoms with van der Waals surface area (Å²) >= 11 is 0. The van der Waals surface area contributed by atoms with E-state index in [1.165, 1.54) is 0 Å². The van der Waals surface area contributed by atoms with E-state index in [4.69, 9.17) is 0 Å². The Bertz CT molecular complexity index is 626. The molecule has 4 heteroatoms. The molecule has 2 aromatic rings. The summed E-state index contributed by atoms with van der Waals surface area (Å²) in [6.07, 6.45) is 1.05. The molecule has 0 spiro atoms. The smallest absolute Gasteiger partial charge is 0.224 e. The average Bonchev–Trinajstić information content (AvgIpc) is 2.35. The van der Waals surface area contributed by atoms with Crippen molar-refractivity contribution in [1.29, 1.82) is 0 Å². The van der Waals surface area contributed by atoms with E-state index < -0.39 is 0 Å². The second-order valence-corrected chi connectivity index (χ2v) is 7.41. The Morgan fingerprint density at radius 2 is 1.67 bits per heavy atom. The van der Waals surface area contributed by atoms with Crippen LogP contribution in [0.1, 0.15) is 41.0 Å². The predicted octanol–water partition coefficient (Wildman–Crippen LogP) is 4.30. The van der Waals surface area contributed by atoms with Crippen LogP contribution < -0.4 is 10.6 Å². The molecule has 1 aromatic carbocycles. The highest BCUT2D eigenvalue weighted by Gasteiger charge is 2.26. The van der Waals surface area contributed by atoms with Gasteiger partial charge in [-0.2, -0.15) is 4.98 Å². The van der Waals surface area contributed by atoms with Crippen LogP contribution in [0.4, 0.5) is 11.8 Å². The lowest BCUT2D eigenvalue weighted by Crippen LogP contribution is -2.35. The fourth-order valence-electron chi connectivity index (χ4n) is 2.97. The molecule has 0 amide bonds. The quantitative estimate of drug-likeness (QED) is 0.880. The number of nitrogens with one attached hydrogen (secondary N) is 2. The van der Waals surface area contributed by atoms with E-state index in [1.807, 2.05) is 25.2 Å². The molecular formula is C17H26N4. The summed E-state index contributed by atoms with van der Waals surface area (Å²) in [6, 6.07) is 8.09. The van der Waals surface area contributed by atoms with E-state index >= 15 is 0 Å². The van der Waals surface area contributed by atoms with Gasteiger partial charge in [0, 0.05) is 18.0 Å². The fraction of sp³-hybridized carbons (Fsp3) is 0.529. The fourth-order valence-corrected chi connectivity index (χ4v) is 2.97. The molecule has 0 bridgehead atoms. The second-order valence-electron chi connectivity index (χ2n) is 7.41. The molecular weight excluding hydrogens is 260 g/mol. The highest BCUT2D eigenvalue weighted by Crippen LogP contribution is 2.31. The lowest BCUT2D eigenvalue weighted by atomic mass is 9.82. The molecule has 0 radical (unpaired) electrons. The van der Waals surface area contributed by atoms with Gasteiger partial charge in [-0.1, -0.05) is 32.9 Å². The molecule has 0 aliphatic rings. The van der Waals surface area contributed by atoms with E-state index in [1.54, 1.807) is 0 Å². The molecule has 0 aliphatic heterocycles. The standard InChI is InChI=1S/C17H26N4/c1-16(2,3)11-17(4,5)21-14-12-9-7-8-10-13(12)19-15(18-6)20-14/h7-10H,11H2,1-6H3,(H2,18,19,20,21). The number of hydrogen-bond donors (Lipinski definition) is 2. The first-order valence-corrected chi connectivity index (χ1v) is 7.43. The van der Waals surface area contributed by atoms with Crippen LogP contribution in [0.25, 0.3) is 10.9 Å². The molecule has 114 valence electrons. The summed E-state index contributed by atoms with van der Waals surface area (Å²) in [5.41, 5.74) is 1.16. The van der Waals surface area contributed by atoms with Crippen molar-refractivity contribution in [3.63, 3.8) is 0 Å². The normalized spacial score (nSPS) is 12.5. The summed E-state index contributed by atoms with van der Waals surface area (Å²) in [7, 11) is 1.84. The van der Waals surface area contributed by atoms with Crippen LogP contribution in [0.5, 0.6) is 0 Å². The van der Waals surface area contributed by atoms with Crippen molar-refractivity contribution in [3.05, 3.63) is 24.3 Å². The van der Waals surface area contributed by atoms with Crippen LogP contribution >= 0.6 is 0 Å². The van der Waals surface area contributed by atoms with E-state index in [-0.39, 0.29) is 11.0 Å². The van der Waals surface area contributed by atoms with Gasteiger partial charge in [0.05, 0.1) is 5.52 Å². The molecule has 0 atom stereocenters. The van der Waals surface area contributed by atoms with Crippen molar-refractivity contribution in [1.82, 2.24) is 9.97 Å². The largest absolute Gasteiger partial charge is 0.364 e. The van der Waals surface area contributed by atoms with Gasteiger partial charge in [0.15, 0.2) is 0 Å². The lowest BCUT2D eigenvalue weighted by molar-refractivity contribution is 0.302. The highest BCUT2D eigenvalue weighted by molar-refractivity contribution is 5.90. The average molecular weight is 286 g/mol. The van der Waals surface area contributed by atoms with Crippen molar-refractivity contribution in [2.45, 2.75) is 46.6 Å². The summed E-state index contributed by atoms with van der Waals surface area (Å²) in [4.78, 5) is 9.10. The maximum Gasteiger partial charge on any atom is 0.224 e. The van der Waals surface area contributed by atoms with Gasteiger partial charge >= 0.3 is 0 Å². The molecule has 0 unspecified atom stereocenters. The zero-order valence-corrected chi connectivity index (χ0v) is 13.9. The van der Waals surface area contributed by atoms with Crippen LogP contribution in [0.3, 0.4) is 0 Å². The van der Waals surface area contributed by atoms with Gasteiger partial charge in [-0.25, -0.2) is 4.98 Å². The molecule has 0 aliphatic carbocycles. The van der Waals surface area contributed by atoms with Crippen molar-refractivity contribution in [3.8, 4) is 0 Å². The monoisotopic (exact) mass is 286 g/mol. The second kappa shape index (κ2) is 5.51. The van der Waals surface area contributed by atoms with Gasteiger partial charge in [-0.15, -0.1) is 0 Å². The zero-order valence-electron chi connectivity index (χ0n) is 13.9. The molecule has 2 N–H and O–H groups in total. The van der Waals surface area contributed by atoms with Crippen molar-refractivity contribution in [2.24, 2.45) is 5.41 Å². The van der Waals surface area contributed by atoms with Crippen LogP contribution in [0.2, 0.25) is 0 Å². The van der Waals surface area contributed by atoms with E-state index in [2.05, 4.69) is 61.3 Å². The third-order valence-corrected chi connectivity index (χ3v) is 3.26. The first kappa shape index (κ1) is 15.5. The highest BCUT2D eigenvalue weighted by atomic mass is 15.1. The maximum atomic E-state index is 4.60. The Morgan fingerprint density at radius 3 is 2.29 bits per heavy atom. The van der Waals surface area contributed by atoms with Gasteiger partial charge in [0.1, 0.15) is 5.82 Å². The third-order valence-electron chi connectivity index (χ3n) is 3.26. The number of benzene rings is 1. The lowest BCUT2D eigenvalue weighted by Gasteiger charge is -2.34. The van der Waals surface area contributed by atoms with E-state index in [0.717, 1.165) is 23.1 Å². The molecule has 0 saturated carbocycles. The van der Waals surface area contributed by atoms with Crippen molar-refractivity contribution in [2.75, 3.05) is 17.7 Å². The minimum atomic E-state index is -0.0413. The van der Waals surface area contributed by atoms with Crippen LogP contribution in [-0.4, -0.2) is 22.6 Å². The predicted molar refractivity (Wildman–Crippen MR) is 90.9 cm³/mol. The Hall–Kier alpha value is -1.84. The zero-order chi connectivity index (χ0) is 15.7. The Labute approximate surface area is 127 Å². The third kappa shape index (κ3) is 4.06. The number of nitrogens with zero attached hydrogens (tertiary/aromatic N) is 2. The number of hydrogen-bond acceptors (Lipinski definition) is 4. The molecule has 21 heavy (non-hydrogen) atoms. The van der Waals surface area contributed by atoms with Gasteiger partial charge in [0.2, 0.25) is 5.95 Å². The number of aromatic nitrogens is 2. The molecule has 4 nitrogen and oxygen atoms in total. The number of anilines is 2. The minimum absolute atomic E-state index is 0.0413. The van der Waals surface area contributed by atoms with Gasteiger partial charge in [-0.3, -0.25) is 0 Å². The van der Waals surface area contributed by atoms with E-state index in [9.17, 15) is 0 Å². The maximum absolute atomic E-state index is 4.60. The van der Waals surface area contributed by atoms with Crippen molar-refractivity contribution < 1.29 is 0 Å². The topological polar surface area (TPSA) is 49.8 Å². The molecule has 1 aromatic heterocycles. The molecule has 0 saturated heterocycles. The SMILES string of the molecule is CNc1nc(NC(C)(C)CC(C)(C)C)c2ccccc2n1. The summed E-state index contributed by atoms with van der Waals surface area (Å²) < 4.78 is 0. The number of fused-ring (bicyclic) bond motifs is 1. The Balaban J connectivity index is 2.41. The van der Waals surface area contributed by atoms with Crippen LogP contribution in [0.15, 0.2) is 24.3 Å². The van der Waals surface area contributed by atoms with Crippen molar-refractivity contribution >= 4 is 22.7 Å². The van der Waals surface area contributed by atoms with Crippen LogP contribution in [0, 0.1) is 5.41 Å². The molecule has 0 fully saturated rings. The Kier molecular flexibility index (Phi) is 4.08. The first-order valence-electron chi connectivity index (χ1n) is 7.43. The van der Waals surface area contributed by atoms with Gasteiger partial charge in [-0.05, 0) is 37.8 Å². The summed E-state index contributed by atoms with van der Waals surface area (Å²) in [5, 5.41) is 7.69. The van der Waals surface area contributed by atoms with Gasteiger partial charge in [0.25, 0.3) is 0 Å². The molecule has 2 rings (SSSR count). The number of rotatable bonds is 4. The summed E-state index contributed by atoms with van der Waals surface area (Å²) in [5.74, 6) is 1.53. The first-order chi connectivity index (χ1) is 9.70. The molecule has 1 heterocycles. The van der Waals surface area contributed by atoms with Gasteiger partial charge < -0.3 is 10.6 Å². The van der Waals surface area contributed by atoms with E-state index in [0.29, 0.717) is 5.95 Å². The summed E-state index contributed by atoms with van der Waals surface area (Å²) in [6.45, 7) is 11.2.